The fraction of sp³-hybridized carbons (Fsp3) is 0.600. The zero-order valence-corrected chi connectivity index (χ0v) is 12.1. The molecule has 1 aromatic rings. The molecule has 4 heteroatoms. The van der Waals surface area contributed by atoms with Gasteiger partial charge in [-0.1, -0.05) is 25.5 Å². The van der Waals surface area contributed by atoms with E-state index < -0.39 is 12.7 Å². The molecule has 1 rings (SSSR count). The van der Waals surface area contributed by atoms with Gasteiger partial charge in [0.25, 0.3) is 0 Å². The Hall–Kier alpha value is -1.13. The van der Waals surface area contributed by atoms with Crippen LogP contribution in [0.15, 0.2) is 24.3 Å². The van der Waals surface area contributed by atoms with Crippen molar-refractivity contribution in [2.24, 2.45) is 5.73 Å². The quantitative estimate of drug-likeness (QED) is 0.788. The number of alkyl halides is 1. The van der Waals surface area contributed by atoms with Crippen molar-refractivity contribution in [3.63, 3.8) is 0 Å². The molecule has 0 saturated heterocycles. The van der Waals surface area contributed by atoms with E-state index in [9.17, 15) is 4.39 Å². The molecule has 0 saturated carbocycles. The lowest BCUT2D eigenvalue weighted by molar-refractivity contribution is 0.0721. The first kappa shape index (κ1) is 15.9. The normalized spacial score (nSPS) is 14.2. The summed E-state index contributed by atoms with van der Waals surface area (Å²) in [5, 5.41) is 0. The molecular formula is C15H25FN2O. The Morgan fingerprint density at radius 1 is 1.32 bits per heavy atom. The molecular weight excluding hydrogens is 243 g/mol. The van der Waals surface area contributed by atoms with E-state index in [1.165, 1.54) is 12.8 Å². The molecule has 0 radical (unpaired) electrons. The molecule has 2 unspecified atom stereocenters. The van der Waals surface area contributed by atoms with Crippen molar-refractivity contribution in [2.45, 2.75) is 31.9 Å². The summed E-state index contributed by atoms with van der Waals surface area (Å²) < 4.78 is 17.9. The number of ether oxygens (including phenoxy) is 1. The summed E-state index contributed by atoms with van der Waals surface area (Å²) in [4.78, 5) is 2.21. The van der Waals surface area contributed by atoms with Gasteiger partial charge in [-0.25, -0.2) is 4.39 Å². The highest BCUT2D eigenvalue weighted by molar-refractivity contribution is 5.47. The average molecular weight is 268 g/mol. The topological polar surface area (TPSA) is 38.5 Å². The summed E-state index contributed by atoms with van der Waals surface area (Å²) in [5.74, 6) is 0. The summed E-state index contributed by atoms with van der Waals surface area (Å²) in [5.41, 5.74) is 7.78. The summed E-state index contributed by atoms with van der Waals surface area (Å²) in [7, 11) is 3.63. The first-order chi connectivity index (χ1) is 9.13. The van der Waals surface area contributed by atoms with Crippen LogP contribution < -0.4 is 10.6 Å². The minimum absolute atomic E-state index is 0.389. The number of rotatable bonds is 8. The van der Waals surface area contributed by atoms with E-state index in [1.54, 1.807) is 7.11 Å². The zero-order chi connectivity index (χ0) is 14.3. The lowest BCUT2D eigenvalue weighted by atomic mass is 10.0. The molecule has 0 spiro atoms. The molecule has 3 nitrogen and oxygen atoms in total. The lowest BCUT2D eigenvalue weighted by Gasteiger charge is -2.23. The number of nitrogens with two attached hydrogens (primary N) is 1. The predicted molar refractivity (Wildman–Crippen MR) is 78.3 cm³/mol. The Morgan fingerprint density at radius 2 is 1.95 bits per heavy atom. The lowest BCUT2D eigenvalue weighted by Crippen LogP contribution is -2.31. The van der Waals surface area contributed by atoms with Crippen molar-refractivity contribution in [1.29, 1.82) is 0 Å². The van der Waals surface area contributed by atoms with Crippen LogP contribution in [0, 0.1) is 0 Å². The molecule has 2 atom stereocenters. The third kappa shape index (κ3) is 4.48. The van der Waals surface area contributed by atoms with Crippen molar-refractivity contribution >= 4 is 5.69 Å². The van der Waals surface area contributed by atoms with Crippen molar-refractivity contribution in [3.05, 3.63) is 29.8 Å². The molecule has 0 fully saturated rings. The second-order valence-electron chi connectivity index (χ2n) is 4.84. The van der Waals surface area contributed by atoms with Crippen molar-refractivity contribution in [1.82, 2.24) is 0 Å². The number of nitrogens with zero attached hydrogens (tertiary/aromatic N) is 1. The highest BCUT2D eigenvalue weighted by Crippen LogP contribution is 2.23. The van der Waals surface area contributed by atoms with Crippen LogP contribution in [0.2, 0.25) is 0 Å². The van der Waals surface area contributed by atoms with Gasteiger partial charge in [0.2, 0.25) is 0 Å². The zero-order valence-electron chi connectivity index (χ0n) is 12.1. The van der Waals surface area contributed by atoms with Gasteiger partial charge < -0.3 is 15.4 Å². The van der Waals surface area contributed by atoms with Crippen LogP contribution in [0.5, 0.6) is 0 Å². The molecule has 1 aromatic carbocycles. The van der Waals surface area contributed by atoms with Crippen molar-refractivity contribution in [3.8, 4) is 0 Å². The largest absolute Gasteiger partial charge is 0.375 e. The molecule has 108 valence electrons. The van der Waals surface area contributed by atoms with Gasteiger partial charge >= 0.3 is 0 Å². The van der Waals surface area contributed by atoms with Gasteiger partial charge in [-0.2, -0.15) is 0 Å². The Kier molecular flexibility index (Phi) is 6.81. The molecule has 0 heterocycles. The highest BCUT2D eigenvalue weighted by atomic mass is 19.1. The molecule has 0 amide bonds. The summed E-state index contributed by atoms with van der Waals surface area (Å²) >= 11 is 0. The molecule has 0 aromatic heterocycles. The van der Waals surface area contributed by atoms with Crippen LogP contribution >= 0.6 is 0 Å². The fourth-order valence-electron chi connectivity index (χ4n) is 2.08. The molecule has 19 heavy (non-hydrogen) atoms. The van der Waals surface area contributed by atoms with Gasteiger partial charge in [0.15, 0.2) is 0 Å². The fourth-order valence-corrected chi connectivity index (χ4v) is 2.08. The number of anilines is 1. The number of halogens is 1. The molecule has 0 aliphatic rings. The van der Waals surface area contributed by atoms with Gasteiger partial charge in [0.05, 0.1) is 12.1 Å². The summed E-state index contributed by atoms with van der Waals surface area (Å²) in [6, 6.07) is 7.36. The van der Waals surface area contributed by atoms with Gasteiger partial charge in [0, 0.05) is 26.4 Å². The van der Waals surface area contributed by atoms with Crippen molar-refractivity contribution in [2.75, 3.05) is 32.3 Å². The van der Waals surface area contributed by atoms with E-state index in [2.05, 4.69) is 18.9 Å². The monoisotopic (exact) mass is 268 g/mol. The van der Waals surface area contributed by atoms with Crippen LogP contribution in [0.25, 0.3) is 0 Å². The Labute approximate surface area is 115 Å². The Balaban J connectivity index is 2.74. The standard InChI is InChI=1S/C15H25FN2O/c1-4-5-10-18(2)13-8-6-12(7-9-13)15(19-3)14(17)11-16/h6-9,14-15H,4-5,10-11,17H2,1-3H3. The van der Waals surface area contributed by atoms with E-state index in [1.807, 2.05) is 24.3 Å². The van der Waals surface area contributed by atoms with Crippen LogP contribution in [0.1, 0.15) is 31.4 Å². The predicted octanol–water partition coefficient (Wildman–Crippen LogP) is 2.91. The Bertz CT molecular complexity index is 356. The molecule has 0 bridgehead atoms. The maximum atomic E-state index is 12.6. The van der Waals surface area contributed by atoms with E-state index in [0.717, 1.165) is 17.8 Å². The molecule has 2 N–H and O–H groups in total. The van der Waals surface area contributed by atoms with Gasteiger partial charge in [-0.3, -0.25) is 0 Å². The average Bonchev–Trinajstić information content (AvgIpc) is 2.46. The smallest absolute Gasteiger partial charge is 0.107 e. The van der Waals surface area contributed by atoms with Crippen LogP contribution in [0.3, 0.4) is 0 Å². The second kappa shape index (κ2) is 8.12. The number of hydrogen-bond acceptors (Lipinski definition) is 3. The first-order valence-corrected chi connectivity index (χ1v) is 6.79. The number of methoxy groups -OCH3 is 1. The maximum absolute atomic E-state index is 12.6. The SMILES string of the molecule is CCCCN(C)c1ccc(C(OC)C(N)CF)cc1. The van der Waals surface area contributed by atoms with E-state index >= 15 is 0 Å². The first-order valence-electron chi connectivity index (χ1n) is 6.79. The minimum Gasteiger partial charge on any atom is -0.375 e. The van der Waals surface area contributed by atoms with Gasteiger partial charge in [0.1, 0.15) is 6.67 Å². The van der Waals surface area contributed by atoms with Crippen molar-refractivity contribution < 1.29 is 9.13 Å². The second-order valence-corrected chi connectivity index (χ2v) is 4.84. The third-order valence-corrected chi connectivity index (χ3v) is 3.33. The Morgan fingerprint density at radius 3 is 2.42 bits per heavy atom. The molecule has 0 aliphatic heterocycles. The third-order valence-electron chi connectivity index (χ3n) is 3.33. The number of benzene rings is 1. The van der Waals surface area contributed by atoms with Crippen LogP contribution in [-0.4, -0.2) is 33.4 Å². The van der Waals surface area contributed by atoms with Crippen LogP contribution in [-0.2, 0) is 4.74 Å². The van der Waals surface area contributed by atoms with Gasteiger partial charge in [-0.15, -0.1) is 0 Å². The van der Waals surface area contributed by atoms with Gasteiger partial charge in [-0.05, 0) is 24.1 Å². The minimum atomic E-state index is -0.617. The highest BCUT2D eigenvalue weighted by Gasteiger charge is 2.19. The number of hydrogen-bond donors (Lipinski definition) is 1. The summed E-state index contributed by atoms with van der Waals surface area (Å²) in [6.07, 6.45) is 1.96. The van der Waals surface area contributed by atoms with E-state index in [4.69, 9.17) is 10.5 Å². The van der Waals surface area contributed by atoms with E-state index in [0.29, 0.717) is 0 Å². The number of unbranched alkanes of at least 4 members (excludes halogenated alkanes) is 1. The van der Waals surface area contributed by atoms with Crippen LogP contribution in [0.4, 0.5) is 10.1 Å². The maximum Gasteiger partial charge on any atom is 0.107 e. The summed E-state index contributed by atoms with van der Waals surface area (Å²) in [6.45, 7) is 2.63. The van der Waals surface area contributed by atoms with E-state index in [-0.39, 0.29) is 6.10 Å². The molecule has 0 aliphatic carbocycles.